The number of nitrogens with zero attached hydrogens (tertiary/aromatic N) is 3. The van der Waals surface area contributed by atoms with E-state index >= 15 is 0 Å². The second kappa shape index (κ2) is 5.05. The summed E-state index contributed by atoms with van der Waals surface area (Å²) in [5.74, 6) is 0.719. The Labute approximate surface area is 111 Å². The molecule has 0 aliphatic rings. The molecule has 0 aliphatic heterocycles. The first kappa shape index (κ1) is 12.4. The van der Waals surface area contributed by atoms with E-state index in [0.29, 0.717) is 16.9 Å². The van der Waals surface area contributed by atoms with Crippen LogP contribution < -0.4 is 5.73 Å². The van der Waals surface area contributed by atoms with Crippen LogP contribution >= 0.6 is 27.7 Å². The third kappa shape index (κ3) is 2.78. The highest BCUT2D eigenvalue weighted by Gasteiger charge is 2.08. The molecule has 0 radical (unpaired) electrons. The molecule has 1 aromatic heterocycles. The molecule has 0 atom stereocenters. The predicted octanol–water partition coefficient (Wildman–Crippen LogP) is 2.59. The highest BCUT2D eigenvalue weighted by atomic mass is 79.9. The first-order chi connectivity index (χ1) is 8.08. The first-order valence-electron chi connectivity index (χ1n) is 4.79. The van der Waals surface area contributed by atoms with Crippen molar-refractivity contribution >= 4 is 33.6 Å². The monoisotopic (exact) mass is 316 g/mol. The summed E-state index contributed by atoms with van der Waals surface area (Å²) >= 11 is 4.84. The lowest BCUT2D eigenvalue weighted by atomic mass is 10.2. The van der Waals surface area contributed by atoms with Crippen molar-refractivity contribution in [3.05, 3.63) is 34.1 Å². The summed E-state index contributed by atoms with van der Waals surface area (Å²) in [6.07, 6.45) is 0. The number of rotatable bonds is 3. The van der Waals surface area contributed by atoms with E-state index in [4.69, 9.17) is 5.73 Å². The number of anilines is 1. The molecule has 17 heavy (non-hydrogen) atoms. The lowest BCUT2D eigenvalue weighted by molar-refractivity contribution is 0.626. The fourth-order valence-corrected chi connectivity index (χ4v) is 2.73. The second-order valence-electron chi connectivity index (χ2n) is 3.42. The topological polar surface area (TPSA) is 56.7 Å². The van der Waals surface area contributed by atoms with E-state index in [1.54, 1.807) is 17.7 Å². The van der Waals surface area contributed by atoms with Crippen LogP contribution in [0, 0.1) is 5.82 Å². The summed E-state index contributed by atoms with van der Waals surface area (Å²) in [6.45, 7) is 0. The lowest BCUT2D eigenvalue weighted by Gasteiger charge is -2.04. The normalized spacial score (nSPS) is 10.8. The number of hydrogen-bond acceptors (Lipinski definition) is 4. The molecule has 2 aromatic rings. The number of hydrogen-bond donors (Lipinski definition) is 1. The molecule has 7 heteroatoms. The summed E-state index contributed by atoms with van der Waals surface area (Å²) in [7, 11) is 1.79. The van der Waals surface area contributed by atoms with Gasteiger partial charge < -0.3 is 5.73 Å². The molecule has 0 unspecified atom stereocenters. The van der Waals surface area contributed by atoms with Gasteiger partial charge in [0.05, 0.1) is 0 Å². The molecule has 0 aliphatic carbocycles. The van der Waals surface area contributed by atoms with Gasteiger partial charge in [0.1, 0.15) is 5.82 Å². The summed E-state index contributed by atoms with van der Waals surface area (Å²) in [5, 5.41) is 8.38. The number of nitrogen functional groups attached to an aromatic ring is 1. The van der Waals surface area contributed by atoms with E-state index in [1.807, 2.05) is 0 Å². The Balaban J connectivity index is 2.12. The molecule has 0 saturated heterocycles. The van der Waals surface area contributed by atoms with Crippen molar-refractivity contribution in [3.63, 3.8) is 0 Å². The molecule has 2 N–H and O–H groups in total. The van der Waals surface area contributed by atoms with Crippen LogP contribution in [0.3, 0.4) is 0 Å². The molecule has 0 spiro atoms. The van der Waals surface area contributed by atoms with E-state index in [2.05, 4.69) is 26.1 Å². The van der Waals surface area contributed by atoms with Crippen LogP contribution in [-0.2, 0) is 12.8 Å². The SMILES string of the molecule is Cn1c(N)nnc1SCc1cc(F)ccc1Br. The van der Waals surface area contributed by atoms with Crippen molar-refractivity contribution in [3.8, 4) is 0 Å². The lowest BCUT2D eigenvalue weighted by Crippen LogP contribution is -1.98. The zero-order valence-electron chi connectivity index (χ0n) is 9.02. The Hall–Kier alpha value is -1.08. The number of aromatic nitrogens is 3. The van der Waals surface area contributed by atoms with Gasteiger partial charge in [-0.05, 0) is 23.8 Å². The number of nitrogens with two attached hydrogens (primary N) is 1. The minimum absolute atomic E-state index is 0.249. The number of benzene rings is 1. The van der Waals surface area contributed by atoms with Crippen molar-refractivity contribution in [2.45, 2.75) is 10.9 Å². The zero-order chi connectivity index (χ0) is 12.4. The van der Waals surface area contributed by atoms with Gasteiger partial charge in [0.2, 0.25) is 5.95 Å². The van der Waals surface area contributed by atoms with Gasteiger partial charge in [0.25, 0.3) is 0 Å². The molecular formula is C10H10BrFN4S. The highest BCUT2D eigenvalue weighted by molar-refractivity contribution is 9.10. The Morgan fingerprint density at radius 3 is 2.88 bits per heavy atom. The average Bonchev–Trinajstić information content (AvgIpc) is 2.62. The molecule has 0 bridgehead atoms. The predicted molar refractivity (Wildman–Crippen MR) is 69.1 cm³/mol. The van der Waals surface area contributed by atoms with Gasteiger partial charge in [-0.15, -0.1) is 10.2 Å². The molecule has 90 valence electrons. The van der Waals surface area contributed by atoms with Crippen LogP contribution in [0.5, 0.6) is 0 Å². The quantitative estimate of drug-likeness (QED) is 0.884. The van der Waals surface area contributed by atoms with Crippen LogP contribution in [0.4, 0.5) is 10.3 Å². The van der Waals surface area contributed by atoms with Crippen molar-refractivity contribution < 1.29 is 4.39 Å². The number of thioether (sulfide) groups is 1. The van der Waals surface area contributed by atoms with Crippen LogP contribution in [0.1, 0.15) is 5.56 Å². The fraction of sp³-hybridized carbons (Fsp3) is 0.200. The Morgan fingerprint density at radius 2 is 2.24 bits per heavy atom. The van der Waals surface area contributed by atoms with E-state index in [9.17, 15) is 4.39 Å². The largest absolute Gasteiger partial charge is 0.368 e. The van der Waals surface area contributed by atoms with Gasteiger partial charge >= 0.3 is 0 Å². The maximum atomic E-state index is 13.1. The highest BCUT2D eigenvalue weighted by Crippen LogP contribution is 2.26. The average molecular weight is 317 g/mol. The summed E-state index contributed by atoms with van der Waals surface area (Å²) in [4.78, 5) is 0. The van der Waals surface area contributed by atoms with Gasteiger partial charge in [-0.1, -0.05) is 27.7 Å². The summed E-state index contributed by atoms with van der Waals surface area (Å²) in [6, 6.07) is 4.60. The fourth-order valence-electron chi connectivity index (χ4n) is 1.25. The summed E-state index contributed by atoms with van der Waals surface area (Å²) < 4.78 is 15.6. The third-order valence-corrected chi connectivity index (χ3v) is 4.08. The van der Waals surface area contributed by atoms with Crippen molar-refractivity contribution in [1.82, 2.24) is 14.8 Å². The van der Waals surface area contributed by atoms with Gasteiger partial charge in [0.15, 0.2) is 5.16 Å². The van der Waals surface area contributed by atoms with Crippen molar-refractivity contribution in [1.29, 1.82) is 0 Å². The molecular weight excluding hydrogens is 307 g/mol. The van der Waals surface area contributed by atoms with Crippen LogP contribution in [0.15, 0.2) is 27.8 Å². The Kier molecular flexibility index (Phi) is 3.68. The maximum Gasteiger partial charge on any atom is 0.222 e. The summed E-state index contributed by atoms with van der Waals surface area (Å²) in [5.41, 5.74) is 6.44. The minimum Gasteiger partial charge on any atom is -0.368 e. The van der Waals surface area contributed by atoms with Gasteiger partial charge in [-0.2, -0.15) is 0 Å². The molecule has 0 saturated carbocycles. The minimum atomic E-state index is -0.249. The van der Waals surface area contributed by atoms with E-state index in [-0.39, 0.29) is 5.82 Å². The van der Waals surface area contributed by atoms with Gasteiger partial charge in [-0.25, -0.2) is 4.39 Å². The van der Waals surface area contributed by atoms with Crippen LogP contribution in [0.2, 0.25) is 0 Å². The molecule has 1 aromatic carbocycles. The van der Waals surface area contributed by atoms with Gasteiger partial charge in [-0.3, -0.25) is 4.57 Å². The van der Waals surface area contributed by atoms with Crippen LogP contribution in [-0.4, -0.2) is 14.8 Å². The van der Waals surface area contributed by atoms with Crippen molar-refractivity contribution in [2.24, 2.45) is 7.05 Å². The number of halogens is 2. The molecule has 2 rings (SSSR count). The molecule has 4 nitrogen and oxygen atoms in total. The Morgan fingerprint density at radius 1 is 1.47 bits per heavy atom. The van der Waals surface area contributed by atoms with Crippen LogP contribution in [0.25, 0.3) is 0 Å². The smallest absolute Gasteiger partial charge is 0.222 e. The zero-order valence-corrected chi connectivity index (χ0v) is 11.4. The van der Waals surface area contributed by atoms with Gasteiger partial charge in [0, 0.05) is 17.3 Å². The van der Waals surface area contributed by atoms with E-state index < -0.39 is 0 Å². The molecule has 1 heterocycles. The molecule has 0 fully saturated rings. The maximum absolute atomic E-state index is 13.1. The van der Waals surface area contributed by atoms with E-state index in [0.717, 1.165) is 10.0 Å². The standard InChI is InChI=1S/C10H10BrFN4S/c1-16-9(13)14-15-10(16)17-5-6-4-7(12)2-3-8(6)11/h2-4H,5H2,1H3,(H2,13,14). The Bertz CT molecular complexity index is 543. The first-order valence-corrected chi connectivity index (χ1v) is 6.57. The third-order valence-electron chi connectivity index (χ3n) is 2.23. The molecule has 0 amide bonds. The second-order valence-corrected chi connectivity index (χ2v) is 5.22. The van der Waals surface area contributed by atoms with E-state index in [1.165, 1.54) is 23.9 Å². The van der Waals surface area contributed by atoms with Crippen molar-refractivity contribution in [2.75, 3.05) is 5.73 Å².